The van der Waals surface area contributed by atoms with E-state index in [1.165, 1.54) is 12.8 Å². The minimum absolute atomic E-state index is 0.284. The topological polar surface area (TPSA) is 44.4 Å². The molecule has 0 radical (unpaired) electrons. The van der Waals surface area contributed by atoms with Gasteiger partial charge in [0.05, 0.1) is 0 Å². The van der Waals surface area contributed by atoms with Gasteiger partial charge < -0.3 is 15.5 Å². The van der Waals surface area contributed by atoms with Gasteiger partial charge in [-0.1, -0.05) is 6.92 Å². The Kier molecular flexibility index (Phi) is 6.52. The fourth-order valence-corrected chi connectivity index (χ4v) is 2.42. The largest absolute Gasteiger partial charge is 0.344 e. The van der Waals surface area contributed by atoms with E-state index < -0.39 is 0 Å². The molecule has 0 aromatic carbocycles. The van der Waals surface area contributed by atoms with Crippen LogP contribution in [0.3, 0.4) is 0 Å². The van der Waals surface area contributed by atoms with Crippen molar-refractivity contribution in [1.82, 2.24) is 15.5 Å². The maximum absolute atomic E-state index is 12.0. The minimum Gasteiger partial charge on any atom is -0.344 e. The van der Waals surface area contributed by atoms with E-state index in [4.69, 9.17) is 0 Å². The Labute approximate surface area is 105 Å². The lowest BCUT2D eigenvalue weighted by Gasteiger charge is -2.29. The number of carbonyl (C=O) groups excluding carboxylic acids is 1. The first-order chi connectivity index (χ1) is 8.15. The number of nitrogens with one attached hydrogen (secondary N) is 2. The van der Waals surface area contributed by atoms with Gasteiger partial charge in [-0.25, -0.2) is 0 Å². The quantitative estimate of drug-likeness (QED) is 0.719. The van der Waals surface area contributed by atoms with Crippen LogP contribution in [0, 0.1) is 11.8 Å². The van der Waals surface area contributed by atoms with E-state index >= 15 is 0 Å². The van der Waals surface area contributed by atoms with E-state index in [0.29, 0.717) is 12.3 Å². The van der Waals surface area contributed by atoms with Crippen LogP contribution in [0.15, 0.2) is 0 Å². The number of hydrogen-bond acceptors (Lipinski definition) is 3. The lowest BCUT2D eigenvalue weighted by Crippen LogP contribution is -2.36. The molecular formula is C13H27N3O. The summed E-state index contributed by atoms with van der Waals surface area (Å²) in [5.41, 5.74) is 0. The molecule has 0 aromatic rings. The smallest absolute Gasteiger partial charge is 0.222 e. The first-order valence-electron chi connectivity index (χ1n) is 6.74. The third-order valence-corrected chi connectivity index (χ3v) is 3.81. The molecular weight excluding hydrogens is 214 g/mol. The molecule has 1 heterocycles. The average Bonchev–Trinajstić information content (AvgIpc) is 2.36. The van der Waals surface area contributed by atoms with E-state index in [9.17, 15) is 4.79 Å². The Hall–Kier alpha value is -0.610. The van der Waals surface area contributed by atoms with Crippen molar-refractivity contribution < 1.29 is 4.79 Å². The highest BCUT2D eigenvalue weighted by molar-refractivity contribution is 5.76. The highest BCUT2D eigenvalue weighted by atomic mass is 16.2. The molecule has 1 saturated heterocycles. The van der Waals surface area contributed by atoms with E-state index in [2.05, 4.69) is 17.6 Å². The van der Waals surface area contributed by atoms with Gasteiger partial charge in [-0.05, 0) is 44.8 Å². The third-order valence-electron chi connectivity index (χ3n) is 3.81. The highest BCUT2D eigenvalue weighted by Gasteiger charge is 2.23. The normalized spacial score (nSPS) is 19.0. The van der Waals surface area contributed by atoms with Crippen molar-refractivity contribution in [3.8, 4) is 0 Å². The van der Waals surface area contributed by atoms with Crippen molar-refractivity contribution in [1.29, 1.82) is 0 Å². The van der Waals surface area contributed by atoms with Gasteiger partial charge in [-0.15, -0.1) is 0 Å². The molecule has 4 nitrogen and oxygen atoms in total. The molecule has 1 unspecified atom stereocenters. The molecule has 0 saturated carbocycles. The first kappa shape index (κ1) is 14.5. The molecule has 2 N–H and O–H groups in total. The van der Waals surface area contributed by atoms with Crippen molar-refractivity contribution in [2.45, 2.75) is 26.2 Å². The number of piperidine rings is 1. The summed E-state index contributed by atoms with van der Waals surface area (Å²) in [5.74, 6) is 1.52. The van der Waals surface area contributed by atoms with Crippen molar-refractivity contribution in [3.63, 3.8) is 0 Å². The summed E-state index contributed by atoms with van der Waals surface area (Å²) in [6.07, 6.45) is 3.13. The Bertz CT molecular complexity index is 227. The molecule has 1 fully saturated rings. The van der Waals surface area contributed by atoms with Gasteiger partial charge in [0.15, 0.2) is 0 Å². The Morgan fingerprint density at radius 1 is 1.47 bits per heavy atom. The second-order valence-corrected chi connectivity index (χ2v) is 5.19. The second kappa shape index (κ2) is 7.67. The molecule has 1 aliphatic heterocycles. The van der Waals surface area contributed by atoms with Gasteiger partial charge in [0.1, 0.15) is 0 Å². The molecule has 0 bridgehead atoms. The summed E-state index contributed by atoms with van der Waals surface area (Å²) in [5, 5.41) is 6.44. The summed E-state index contributed by atoms with van der Waals surface area (Å²) in [6, 6.07) is 0. The summed E-state index contributed by atoms with van der Waals surface area (Å²) < 4.78 is 0. The third kappa shape index (κ3) is 5.04. The van der Waals surface area contributed by atoms with Crippen molar-refractivity contribution >= 4 is 5.91 Å². The van der Waals surface area contributed by atoms with Gasteiger partial charge in [0, 0.05) is 26.6 Å². The fraction of sp³-hybridized carbons (Fsp3) is 0.923. The van der Waals surface area contributed by atoms with Crippen molar-refractivity contribution in [3.05, 3.63) is 0 Å². The first-order valence-corrected chi connectivity index (χ1v) is 6.74. The van der Waals surface area contributed by atoms with Gasteiger partial charge >= 0.3 is 0 Å². The molecule has 17 heavy (non-hydrogen) atoms. The number of amides is 1. The molecule has 1 rings (SSSR count). The number of likely N-dealkylation sites (N-methyl/N-ethyl adjacent to an activating group) is 2. The van der Waals surface area contributed by atoms with Crippen LogP contribution in [0.1, 0.15) is 26.2 Å². The van der Waals surface area contributed by atoms with Crippen LogP contribution in [0.5, 0.6) is 0 Å². The molecule has 1 atom stereocenters. The summed E-state index contributed by atoms with van der Waals surface area (Å²) >= 11 is 0. The molecule has 100 valence electrons. The molecule has 0 aromatic heterocycles. The minimum atomic E-state index is 0.284. The molecule has 4 heteroatoms. The number of carbonyl (C=O) groups is 1. The Morgan fingerprint density at radius 2 is 2.12 bits per heavy atom. The van der Waals surface area contributed by atoms with Gasteiger partial charge in [0.2, 0.25) is 5.91 Å². The number of rotatable bonds is 6. The second-order valence-electron chi connectivity index (χ2n) is 5.19. The van der Waals surface area contributed by atoms with Crippen molar-refractivity contribution in [2.75, 3.05) is 40.3 Å². The van der Waals surface area contributed by atoms with E-state index in [0.717, 1.165) is 32.1 Å². The molecule has 0 spiro atoms. The van der Waals surface area contributed by atoms with Crippen LogP contribution in [-0.4, -0.2) is 51.1 Å². The maximum atomic E-state index is 12.0. The zero-order chi connectivity index (χ0) is 12.7. The summed E-state index contributed by atoms with van der Waals surface area (Å²) in [4.78, 5) is 13.8. The van der Waals surface area contributed by atoms with Crippen LogP contribution in [0.25, 0.3) is 0 Å². The zero-order valence-electron chi connectivity index (χ0n) is 11.5. The predicted molar refractivity (Wildman–Crippen MR) is 70.9 cm³/mol. The molecule has 1 aliphatic rings. The van der Waals surface area contributed by atoms with E-state index in [-0.39, 0.29) is 5.91 Å². The SMILES string of the molecule is CNCCN(C)C(=O)CC(C)C1CCNCC1. The average molecular weight is 241 g/mol. The molecule has 1 amide bonds. The van der Waals surface area contributed by atoms with Crippen LogP contribution in [-0.2, 0) is 4.79 Å². The lowest BCUT2D eigenvalue weighted by atomic mass is 9.84. The summed E-state index contributed by atoms with van der Waals surface area (Å²) in [7, 11) is 3.81. The van der Waals surface area contributed by atoms with E-state index in [1.807, 2.05) is 19.0 Å². The van der Waals surface area contributed by atoms with Crippen LogP contribution in [0.2, 0.25) is 0 Å². The van der Waals surface area contributed by atoms with Crippen molar-refractivity contribution in [2.24, 2.45) is 11.8 Å². The van der Waals surface area contributed by atoms with Crippen LogP contribution in [0.4, 0.5) is 0 Å². The van der Waals surface area contributed by atoms with E-state index in [1.54, 1.807) is 0 Å². The monoisotopic (exact) mass is 241 g/mol. The summed E-state index contributed by atoms with van der Waals surface area (Å²) in [6.45, 7) is 6.11. The zero-order valence-corrected chi connectivity index (χ0v) is 11.5. The number of nitrogens with zero attached hydrogens (tertiary/aromatic N) is 1. The van der Waals surface area contributed by atoms with Gasteiger partial charge in [-0.3, -0.25) is 4.79 Å². The van der Waals surface area contributed by atoms with Gasteiger partial charge in [-0.2, -0.15) is 0 Å². The van der Waals surface area contributed by atoms with Crippen LogP contribution >= 0.6 is 0 Å². The maximum Gasteiger partial charge on any atom is 0.222 e. The lowest BCUT2D eigenvalue weighted by molar-refractivity contribution is -0.131. The Balaban J connectivity index is 2.28. The van der Waals surface area contributed by atoms with Crippen LogP contribution < -0.4 is 10.6 Å². The fourth-order valence-electron chi connectivity index (χ4n) is 2.42. The highest BCUT2D eigenvalue weighted by Crippen LogP contribution is 2.24. The Morgan fingerprint density at radius 3 is 2.71 bits per heavy atom. The number of hydrogen-bond donors (Lipinski definition) is 2. The van der Waals surface area contributed by atoms with Gasteiger partial charge in [0.25, 0.3) is 0 Å². The standard InChI is InChI=1S/C13H27N3O/c1-11(12-4-6-15-7-5-12)10-13(17)16(3)9-8-14-2/h11-12,14-15H,4-10H2,1-3H3. The predicted octanol–water partition coefficient (Wildman–Crippen LogP) is 0.690. The molecule has 0 aliphatic carbocycles.